The van der Waals surface area contributed by atoms with Crippen LogP contribution in [-0.4, -0.2) is 33.8 Å². The second kappa shape index (κ2) is 5.54. The molecule has 0 aliphatic rings. The van der Waals surface area contributed by atoms with Crippen molar-refractivity contribution in [1.82, 2.24) is 0 Å². The molecule has 0 aromatic heterocycles. The molecule has 2 rings (SSSR count). The van der Waals surface area contributed by atoms with Gasteiger partial charge in [-0.25, -0.2) is 0 Å². The van der Waals surface area contributed by atoms with Gasteiger partial charge in [-0.05, 0) is 11.1 Å². The third-order valence-electron chi connectivity index (χ3n) is 3.45. The van der Waals surface area contributed by atoms with E-state index in [4.69, 9.17) is 0 Å². The number of hydrogen-bond donors (Lipinski definition) is 3. The Morgan fingerprint density at radius 3 is 1.55 bits per heavy atom. The Bertz CT molecular complexity index is 528. The van der Waals surface area contributed by atoms with Gasteiger partial charge in [0.05, 0.1) is 6.61 Å². The predicted molar refractivity (Wildman–Crippen MR) is 74.0 cm³/mol. The molecular formula is C16H16O4. The minimum absolute atomic E-state index is 0.174. The van der Waals surface area contributed by atoms with E-state index in [0.29, 0.717) is 11.1 Å². The van der Waals surface area contributed by atoms with Crippen LogP contribution in [0.4, 0.5) is 0 Å². The van der Waals surface area contributed by atoms with E-state index in [-0.39, 0.29) is 6.29 Å². The van der Waals surface area contributed by atoms with Crippen molar-refractivity contribution >= 4 is 6.29 Å². The fraction of sp³-hybridized carbons (Fsp3) is 0.188. The number of aliphatic hydroxyl groups excluding tert-OH is 1. The molecule has 0 aliphatic carbocycles. The quantitative estimate of drug-likeness (QED) is 0.705. The Kier molecular flexibility index (Phi) is 3.99. The number of aliphatic hydroxyl groups is 3. The average molecular weight is 272 g/mol. The molecule has 0 radical (unpaired) electrons. The lowest BCUT2D eigenvalue weighted by atomic mass is 9.74. The number of benzene rings is 2. The normalized spacial score (nSPS) is 14.6. The van der Waals surface area contributed by atoms with Gasteiger partial charge >= 0.3 is 0 Å². The first kappa shape index (κ1) is 14.4. The van der Waals surface area contributed by atoms with Crippen LogP contribution in [0.1, 0.15) is 11.1 Å². The van der Waals surface area contributed by atoms with Gasteiger partial charge in [-0.3, -0.25) is 4.79 Å². The molecule has 1 unspecified atom stereocenters. The van der Waals surface area contributed by atoms with Crippen LogP contribution >= 0.6 is 0 Å². The highest BCUT2D eigenvalue weighted by Gasteiger charge is 2.51. The van der Waals surface area contributed by atoms with E-state index < -0.39 is 17.8 Å². The summed E-state index contributed by atoms with van der Waals surface area (Å²) in [6.07, 6.45) is 0.174. The van der Waals surface area contributed by atoms with E-state index in [1.165, 1.54) is 0 Å². The first-order valence-electron chi connectivity index (χ1n) is 6.21. The molecule has 0 bridgehead atoms. The van der Waals surface area contributed by atoms with Crippen LogP contribution in [-0.2, 0) is 10.4 Å². The molecule has 4 nitrogen and oxygen atoms in total. The summed E-state index contributed by atoms with van der Waals surface area (Å²) in [5, 5.41) is 30.8. The summed E-state index contributed by atoms with van der Waals surface area (Å²) in [5.74, 6) is 0. The molecular weight excluding hydrogens is 256 g/mol. The van der Waals surface area contributed by atoms with E-state index in [9.17, 15) is 20.1 Å². The maximum absolute atomic E-state index is 11.3. The first-order valence-corrected chi connectivity index (χ1v) is 6.21. The summed E-state index contributed by atoms with van der Waals surface area (Å²) in [5.41, 5.74) is -3.69. The minimum Gasteiger partial charge on any atom is -0.393 e. The molecule has 0 heterocycles. The number of hydrogen-bond acceptors (Lipinski definition) is 4. The zero-order valence-electron chi connectivity index (χ0n) is 10.8. The predicted octanol–water partition coefficient (Wildman–Crippen LogP) is 0.845. The van der Waals surface area contributed by atoms with Crippen LogP contribution < -0.4 is 0 Å². The van der Waals surface area contributed by atoms with Gasteiger partial charge < -0.3 is 15.3 Å². The fourth-order valence-corrected chi connectivity index (χ4v) is 2.26. The maximum Gasteiger partial charge on any atom is 0.180 e. The van der Waals surface area contributed by atoms with E-state index in [0.717, 1.165) is 0 Å². The molecule has 0 saturated carbocycles. The maximum atomic E-state index is 11.3. The SMILES string of the molecule is O=CC(O)(CO)C(O)(c1ccccc1)c1ccccc1. The number of carbonyl (C=O) groups excluding carboxylic acids is 1. The number of rotatable bonds is 5. The molecule has 3 N–H and O–H groups in total. The number of carbonyl (C=O) groups is 1. The van der Waals surface area contributed by atoms with Crippen LogP contribution in [0.3, 0.4) is 0 Å². The van der Waals surface area contributed by atoms with Gasteiger partial charge in [-0.15, -0.1) is 0 Å². The van der Waals surface area contributed by atoms with Gasteiger partial charge in [0.15, 0.2) is 17.5 Å². The van der Waals surface area contributed by atoms with Crippen molar-refractivity contribution < 1.29 is 20.1 Å². The van der Waals surface area contributed by atoms with Crippen molar-refractivity contribution in [3.8, 4) is 0 Å². The molecule has 2 aromatic rings. The Hall–Kier alpha value is -2.01. The molecule has 0 spiro atoms. The highest BCUT2D eigenvalue weighted by atomic mass is 16.4. The van der Waals surface area contributed by atoms with Crippen LogP contribution in [0.15, 0.2) is 60.7 Å². The Labute approximate surface area is 116 Å². The Balaban J connectivity index is 2.70. The van der Waals surface area contributed by atoms with E-state index in [1.807, 2.05) is 0 Å². The van der Waals surface area contributed by atoms with Crippen LogP contribution in [0, 0.1) is 0 Å². The van der Waals surface area contributed by atoms with Crippen molar-refractivity contribution in [2.24, 2.45) is 0 Å². The first-order chi connectivity index (χ1) is 9.58. The summed E-state index contributed by atoms with van der Waals surface area (Å²) in [4.78, 5) is 11.3. The summed E-state index contributed by atoms with van der Waals surface area (Å²) in [6.45, 7) is -0.892. The topological polar surface area (TPSA) is 77.8 Å². The second-order valence-corrected chi connectivity index (χ2v) is 4.64. The largest absolute Gasteiger partial charge is 0.393 e. The highest BCUT2D eigenvalue weighted by molar-refractivity contribution is 5.68. The van der Waals surface area contributed by atoms with Gasteiger partial charge in [0.2, 0.25) is 0 Å². The summed E-state index contributed by atoms with van der Waals surface area (Å²) in [7, 11) is 0. The van der Waals surface area contributed by atoms with Crippen molar-refractivity contribution in [3.05, 3.63) is 71.8 Å². The molecule has 1 atom stereocenters. The zero-order valence-corrected chi connectivity index (χ0v) is 10.8. The monoisotopic (exact) mass is 272 g/mol. The van der Waals surface area contributed by atoms with Gasteiger partial charge in [0, 0.05) is 0 Å². The zero-order chi connectivity index (χ0) is 14.6. The molecule has 0 amide bonds. The van der Waals surface area contributed by atoms with Crippen LogP contribution in [0.5, 0.6) is 0 Å². The third-order valence-corrected chi connectivity index (χ3v) is 3.45. The molecule has 2 aromatic carbocycles. The molecule has 0 fully saturated rings. The molecule has 104 valence electrons. The molecule has 0 saturated heterocycles. The fourth-order valence-electron chi connectivity index (χ4n) is 2.26. The van der Waals surface area contributed by atoms with E-state index >= 15 is 0 Å². The number of aldehydes is 1. The third kappa shape index (κ3) is 2.14. The van der Waals surface area contributed by atoms with Crippen molar-refractivity contribution in [2.45, 2.75) is 11.2 Å². The summed E-state index contributed by atoms with van der Waals surface area (Å²) >= 11 is 0. The van der Waals surface area contributed by atoms with Crippen molar-refractivity contribution in [2.75, 3.05) is 6.61 Å². The van der Waals surface area contributed by atoms with Gasteiger partial charge in [0.25, 0.3) is 0 Å². The van der Waals surface area contributed by atoms with E-state index in [2.05, 4.69) is 0 Å². The molecule has 4 heteroatoms. The summed E-state index contributed by atoms with van der Waals surface area (Å²) < 4.78 is 0. The van der Waals surface area contributed by atoms with Crippen LogP contribution in [0.25, 0.3) is 0 Å². The molecule has 0 aliphatic heterocycles. The molecule has 20 heavy (non-hydrogen) atoms. The lowest BCUT2D eigenvalue weighted by molar-refractivity contribution is -0.164. The highest BCUT2D eigenvalue weighted by Crippen LogP contribution is 2.38. The lowest BCUT2D eigenvalue weighted by Gasteiger charge is -2.39. The van der Waals surface area contributed by atoms with Crippen molar-refractivity contribution in [1.29, 1.82) is 0 Å². The minimum atomic E-state index is -2.32. The standard InChI is InChI=1S/C16H16O4/c17-11-15(19,12-18)16(20,13-7-3-1-4-8-13)14-9-5-2-6-10-14/h1-11,18-20H,12H2. The van der Waals surface area contributed by atoms with Crippen LogP contribution in [0.2, 0.25) is 0 Å². The average Bonchev–Trinajstić information content (AvgIpc) is 2.54. The summed E-state index contributed by atoms with van der Waals surface area (Å²) in [6, 6.07) is 16.6. The van der Waals surface area contributed by atoms with Gasteiger partial charge in [-0.2, -0.15) is 0 Å². The van der Waals surface area contributed by atoms with E-state index in [1.54, 1.807) is 60.7 Å². The smallest absolute Gasteiger partial charge is 0.180 e. The second-order valence-electron chi connectivity index (χ2n) is 4.64. The van der Waals surface area contributed by atoms with Crippen molar-refractivity contribution in [3.63, 3.8) is 0 Å². The Morgan fingerprint density at radius 1 is 0.850 bits per heavy atom. The van der Waals surface area contributed by atoms with Gasteiger partial charge in [-0.1, -0.05) is 60.7 Å². The lowest BCUT2D eigenvalue weighted by Crippen LogP contribution is -2.56. The van der Waals surface area contributed by atoms with Gasteiger partial charge in [0.1, 0.15) is 0 Å². The Morgan fingerprint density at radius 2 is 1.25 bits per heavy atom.